The second-order valence-electron chi connectivity index (χ2n) is 6.50. The average molecular weight is 360 g/mol. The molecule has 2 aromatic carbocycles. The Morgan fingerprint density at radius 3 is 2.31 bits per heavy atom. The second kappa shape index (κ2) is 7.85. The normalized spacial score (nSPS) is 22.3. The molecule has 0 saturated carbocycles. The zero-order valence-corrected chi connectivity index (χ0v) is 14.9. The predicted molar refractivity (Wildman–Crippen MR) is 95.8 cm³/mol. The Balaban J connectivity index is 1.79. The summed E-state index contributed by atoms with van der Waals surface area (Å²) in [6.45, 7) is 0.510. The summed E-state index contributed by atoms with van der Waals surface area (Å²) in [5.74, 6) is 1.04. The van der Waals surface area contributed by atoms with E-state index in [1.165, 1.54) is 14.2 Å². The smallest absolute Gasteiger partial charge is 0.160 e. The van der Waals surface area contributed by atoms with Gasteiger partial charge in [-0.3, -0.25) is 0 Å². The van der Waals surface area contributed by atoms with Gasteiger partial charge in [-0.05, 0) is 47.7 Å². The number of methoxy groups -OCH3 is 2. The van der Waals surface area contributed by atoms with Crippen molar-refractivity contribution in [2.75, 3.05) is 27.4 Å². The number of aliphatic hydroxyl groups excluding tert-OH is 1. The number of rotatable bonds is 6. The first-order chi connectivity index (χ1) is 12.6. The molecule has 26 heavy (non-hydrogen) atoms. The highest BCUT2D eigenvalue weighted by Gasteiger charge is 2.38. The van der Waals surface area contributed by atoms with E-state index in [9.17, 15) is 15.3 Å². The standard InChI is InChI=1S/C20H24O6/c1-24-18-8-12(3-5-16(18)22)7-14-11-26-20(15(14)10-21)13-4-6-17(23)19(9-13)25-2/h3-6,8-9,14-15,20-23H,7,10-11H2,1-2H3/t14-,15-,20-/m1/s1. The summed E-state index contributed by atoms with van der Waals surface area (Å²) in [6, 6.07) is 10.4. The van der Waals surface area contributed by atoms with E-state index >= 15 is 0 Å². The van der Waals surface area contributed by atoms with Crippen molar-refractivity contribution < 1.29 is 29.5 Å². The fourth-order valence-corrected chi connectivity index (χ4v) is 3.54. The zero-order valence-electron chi connectivity index (χ0n) is 14.9. The van der Waals surface area contributed by atoms with E-state index in [0.29, 0.717) is 24.5 Å². The maximum atomic E-state index is 9.95. The third-order valence-corrected chi connectivity index (χ3v) is 4.97. The van der Waals surface area contributed by atoms with Gasteiger partial charge in [-0.25, -0.2) is 0 Å². The van der Waals surface area contributed by atoms with Crippen LogP contribution in [0.4, 0.5) is 0 Å². The van der Waals surface area contributed by atoms with E-state index in [4.69, 9.17) is 14.2 Å². The average Bonchev–Trinajstić information content (AvgIpc) is 3.06. The topological polar surface area (TPSA) is 88.4 Å². The van der Waals surface area contributed by atoms with Gasteiger partial charge < -0.3 is 29.5 Å². The molecule has 0 amide bonds. The van der Waals surface area contributed by atoms with Gasteiger partial charge in [0.05, 0.1) is 26.9 Å². The summed E-state index contributed by atoms with van der Waals surface area (Å²) in [7, 11) is 3.02. The summed E-state index contributed by atoms with van der Waals surface area (Å²) in [4.78, 5) is 0. The van der Waals surface area contributed by atoms with Crippen LogP contribution in [0.5, 0.6) is 23.0 Å². The van der Waals surface area contributed by atoms with Crippen LogP contribution in [0.2, 0.25) is 0 Å². The molecule has 1 aliphatic heterocycles. The molecule has 140 valence electrons. The molecular formula is C20H24O6. The molecule has 0 spiro atoms. The van der Waals surface area contributed by atoms with Crippen molar-refractivity contribution in [3.8, 4) is 23.0 Å². The SMILES string of the molecule is COc1cc(C[C@@H]2CO[C@H](c3ccc(O)c(OC)c3)[C@@H]2CO)ccc1O. The summed E-state index contributed by atoms with van der Waals surface area (Å²) in [5, 5.41) is 29.5. The highest BCUT2D eigenvalue weighted by Crippen LogP contribution is 2.42. The first-order valence-electron chi connectivity index (χ1n) is 8.52. The molecule has 3 N–H and O–H groups in total. The Hall–Kier alpha value is -2.44. The van der Waals surface area contributed by atoms with Crippen molar-refractivity contribution in [1.82, 2.24) is 0 Å². The van der Waals surface area contributed by atoms with Gasteiger partial charge in [0.1, 0.15) is 0 Å². The number of aliphatic hydroxyl groups is 1. The second-order valence-corrected chi connectivity index (χ2v) is 6.50. The van der Waals surface area contributed by atoms with Gasteiger partial charge in [0, 0.05) is 12.5 Å². The van der Waals surface area contributed by atoms with Crippen LogP contribution in [-0.2, 0) is 11.2 Å². The number of hydrogen-bond acceptors (Lipinski definition) is 6. The monoisotopic (exact) mass is 360 g/mol. The third-order valence-electron chi connectivity index (χ3n) is 4.97. The van der Waals surface area contributed by atoms with Gasteiger partial charge in [0.25, 0.3) is 0 Å². The minimum Gasteiger partial charge on any atom is -0.504 e. The van der Waals surface area contributed by atoms with E-state index in [2.05, 4.69) is 0 Å². The molecule has 6 nitrogen and oxygen atoms in total. The zero-order chi connectivity index (χ0) is 18.7. The molecule has 3 atom stereocenters. The summed E-state index contributed by atoms with van der Waals surface area (Å²) >= 11 is 0. The van der Waals surface area contributed by atoms with Gasteiger partial charge in [-0.15, -0.1) is 0 Å². The lowest BCUT2D eigenvalue weighted by molar-refractivity contribution is 0.0717. The number of phenolic OH excluding ortho intramolecular Hbond substituents is 2. The van der Waals surface area contributed by atoms with Gasteiger partial charge in [-0.1, -0.05) is 12.1 Å². The number of phenols is 2. The highest BCUT2D eigenvalue weighted by molar-refractivity contribution is 5.43. The number of aromatic hydroxyl groups is 2. The van der Waals surface area contributed by atoms with E-state index in [1.807, 2.05) is 6.07 Å². The lowest BCUT2D eigenvalue weighted by Crippen LogP contribution is -2.21. The molecule has 3 rings (SSSR count). The van der Waals surface area contributed by atoms with Gasteiger partial charge in [-0.2, -0.15) is 0 Å². The lowest BCUT2D eigenvalue weighted by atomic mass is 9.84. The fraction of sp³-hybridized carbons (Fsp3) is 0.400. The summed E-state index contributed by atoms with van der Waals surface area (Å²) < 4.78 is 16.3. The predicted octanol–water partition coefficient (Wildman–Crippen LogP) is 2.65. The molecule has 0 unspecified atom stereocenters. The van der Waals surface area contributed by atoms with Gasteiger partial charge in [0.15, 0.2) is 23.0 Å². The van der Waals surface area contributed by atoms with Gasteiger partial charge in [0.2, 0.25) is 0 Å². The minimum atomic E-state index is -0.265. The van der Waals surface area contributed by atoms with E-state index in [0.717, 1.165) is 11.1 Å². The molecule has 0 aliphatic carbocycles. The van der Waals surface area contributed by atoms with Gasteiger partial charge >= 0.3 is 0 Å². The Morgan fingerprint density at radius 1 is 1.00 bits per heavy atom. The Morgan fingerprint density at radius 2 is 1.65 bits per heavy atom. The number of ether oxygens (including phenoxy) is 3. The summed E-state index contributed by atoms with van der Waals surface area (Å²) in [6.07, 6.45) is 0.437. The lowest BCUT2D eigenvalue weighted by Gasteiger charge is -2.22. The molecule has 1 aliphatic rings. The molecular weight excluding hydrogens is 336 g/mol. The van der Waals surface area contributed by atoms with Crippen LogP contribution in [0.15, 0.2) is 36.4 Å². The Bertz CT molecular complexity index is 760. The van der Waals surface area contributed by atoms with Crippen LogP contribution in [0, 0.1) is 11.8 Å². The van der Waals surface area contributed by atoms with E-state index in [-0.39, 0.29) is 36.0 Å². The van der Waals surface area contributed by atoms with Crippen LogP contribution >= 0.6 is 0 Å². The molecule has 0 bridgehead atoms. The van der Waals surface area contributed by atoms with Crippen LogP contribution in [0.25, 0.3) is 0 Å². The molecule has 2 aromatic rings. The van der Waals surface area contributed by atoms with Crippen molar-refractivity contribution in [2.45, 2.75) is 12.5 Å². The summed E-state index contributed by atoms with van der Waals surface area (Å²) in [5.41, 5.74) is 1.88. The molecule has 1 saturated heterocycles. The number of hydrogen-bond donors (Lipinski definition) is 3. The van der Waals surface area contributed by atoms with Crippen molar-refractivity contribution in [1.29, 1.82) is 0 Å². The maximum absolute atomic E-state index is 9.95. The van der Waals surface area contributed by atoms with Crippen LogP contribution in [0.1, 0.15) is 17.2 Å². The number of benzene rings is 2. The van der Waals surface area contributed by atoms with E-state index in [1.54, 1.807) is 30.3 Å². The highest BCUT2D eigenvalue weighted by atomic mass is 16.5. The quantitative estimate of drug-likeness (QED) is 0.734. The molecule has 1 fully saturated rings. The maximum Gasteiger partial charge on any atom is 0.160 e. The van der Waals surface area contributed by atoms with Crippen molar-refractivity contribution in [3.05, 3.63) is 47.5 Å². The van der Waals surface area contributed by atoms with Crippen LogP contribution in [0.3, 0.4) is 0 Å². The molecule has 0 radical (unpaired) electrons. The van der Waals surface area contributed by atoms with Crippen molar-refractivity contribution in [2.24, 2.45) is 11.8 Å². The van der Waals surface area contributed by atoms with Crippen LogP contribution < -0.4 is 9.47 Å². The molecule has 1 heterocycles. The molecule has 6 heteroatoms. The fourth-order valence-electron chi connectivity index (χ4n) is 3.54. The minimum absolute atomic E-state index is 0.00621. The Labute approximate surface area is 152 Å². The largest absolute Gasteiger partial charge is 0.504 e. The van der Waals surface area contributed by atoms with Crippen molar-refractivity contribution >= 4 is 0 Å². The third kappa shape index (κ3) is 3.57. The van der Waals surface area contributed by atoms with E-state index < -0.39 is 0 Å². The van der Waals surface area contributed by atoms with Crippen LogP contribution in [-0.4, -0.2) is 42.8 Å². The first kappa shape index (κ1) is 18.4. The Kier molecular flexibility index (Phi) is 5.54. The molecule has 0 aromatic heterocycles. The first-order valence-corrected chi connectivity index (χ1v) is 8.52. The van der Waals surface area contributed by atoms with Crippen molar-refractivity contribution in [3.63, 3.8) is 0 Å².